The minimum absolute atomic E-state index is 0.119. The van der Waals surface area contributed by atoms with Crippen LogP contribution in [0, 0.1) is 12.3 Å². The van der Waals surface area contributed by atoms with Gasteiger partial charge >= 0.3 is 12.1 Å². The van der Waals surface area contributed by atoms with E-state index in [0.717, 1.165) is 0 Å². The molecule has 6 N–H and O–H groups in total. The van der Waals surface area contributed by atoms with Crippen LogP contribution in [-0.2, 0) is 18.0 Å². The van der Waals surface area contributed by atoms with E-state index < -0.39 is 24.3 Å². The summed E-state index contributed by atoms with van der Waals surface area (Å²) >= 11 is 0. The Kier molecular flexibility index (Phi) is 9.02. The number of piperidine rings is 1. The molecule has 4 heterocycles. The van der Waals surface area contributed by atoms with Crippen molar-refractivity contribution in [3.63, 3.8) is 0 Å². The lowest BCUT2D eigenvalue weighted by atomic mass is 9.76. The molecule has 2 fully saturated rings. The van der Waals surface area contributed by atoms with E-state index in [4.69, 9.17) is 10.5 Å². The Bertz CT molecular complexity index is 1810. The first-order valence-electron chi connectivity index (χ1n) is 15.5. The molecule has 0 saturated carbocycles. The SMILES string of the molecule is Cc1ccn(-c2cc(-c3ccc(CO)c(CO)c3)ccc2C(Oc2cc(N3CCC4(CC3)CNC(C(=O)O)C4)nc(N)n2)C(F)(F)F)n1. The molecular formula is C33H36F3N7O5. The van der Waals surface area contributed by atoms with Gasteiger partial charge in [-0.3, -0.25) is 4.79 Å². The number of carbonyl (C=O) groups is 1. The zero-order valence-corrected chi connectivity index (χ0v) is 26.1. The van der Waals surface area contributed by atoms with Crippen LogP contribution in [-0.4, -0.2) is 72.9 Å². The number of ether oxygens (including phenoxy) is 1. The highest BCUT2D eigenvalue weighted by atomic mass is 19.4. The summed E-state index contributed by atoms with van der Waals surface area (Å²) in [6, 6.07) is 11.9. The second-order valence-corrected chi connectivity index (χ2v) is 12.4. The Balaban J connectivity index is 1.32. The molecule has 48 heavy (non-hydrogen) atoms. The third kappa shape index (κ3) is 6.79. The zero-order valence-electron chi connectivity index (χ0n) is 26.1. The van der Waals surface area contributed by atoms with Crippen molar-refractivity contribution in [3.8, 4) is 22.7 Å². The van der Waals surface area contributed by atoms with Crippen LogP contribution in [0.3, 0.4) is 0 Å². The number of aliphatic hydroxyl groups excluding tert-OH is 2. The molecule has 6 rings (SSSR count). The minimum Gasteiger partial charge on any atom is -0.480 e. The molecule has 1 spiro atoms. The van der Waals surface area contributed by atoms with Gasteiger partial charge in [-0.25, -0.2) is 4.68 Å². The number of benzene rings is 2. The van der Waals surface area contributed by atoms with E-state index in [1.807, 2.05) is 4.90 Å². The molecule has 2 unspecified atom stereocenters. The third-order valence-corrected chi connectivity index (χ3v) is 9.21. The summed E-state index contributed by atoms with van der Waals surface area (Å²) in [6.45, 7) is 2.74. The van der Waals surface area contributed by atoms with Gasteiger partial charge in [0.25, 0.3) is 0 Å². The maximum atomic E-state index is 14.9. The van der Waals surface area contributed by atoms with Gasteiger partial charge in [0.1, 0.15) is 11.9 Å². The Morgan fingerprint density at radius 2 is 1.77 bits per heavy atom. The molecule has 254 valence electrons. The van der Waals surface area contributed by atoms with Gasteiger partial charge in [-0.1, -0.05) is 24.3 Å². The first-order valence-corrected chi connectivity index (χ1v) is 15.5. The number of halogens is 3. The van der Waals surface area contributed by atoms with E-state index in [0.29, 0.717) is 72.7 Å². The highest BCUT2D eigenvalue weighted by molar-refractivity contribution is 5.74. The molecule has 2 aromatic heterocycles. The van der Waals surface area contributed by atoms with Crippen molar-refractivity contribution >= 4 is 17.7 Å². The summed E-state index contributed by atoms with van der Waals surface area (Å²) in [5, 5.41) is 36.2. The molecule has 15 heteroatoms. The maximum Gasteiger partial charge on any atom is 0.429 e. The van der Waals surface area contributed by atoms with Crippen LogP contribution in [0.5, 0.6) is 5.88 Å². The van der Waals surface area contributed by atoms with Crippen LogP contribution in [0.1, 0.15) is 47.8 Å². The van der Waals surface area contributed by atoms with E-state index in [-0.39, 0.29) is 41.7 Å². The summed E-state index contributed by atoms with van der Waals surface area (Å²) in [5.41, 5.74) is 8.52. The van der Waals surface area contributed by atoms with Crippen molar-refractivity contribution in [2.24, 2.45) is 5.41 Å². The monoisotopic (exact) mass is 667 g/mol. The van der Waals surface area contributed by atoms with Gasteiger partial charge in [-0.2, -0.15) is 28.2 Å². The van der Waals surface area contributed by atoms with Crippen LogP contribution >= 0.6 is 0 Å². The van der Waals surface area contributed by atoms with E-state index in [1.54, 1.807) is 43.5 Å². The van der Waals surface area contributed by atoms with Crippen molar-refractivity contribution in [1.29, 1.82) is 0 Å². The topological polar surface area (TPSA) is 172 Å². The van der Waals surface area contributed by atoms with E-state index >= 15 is 0 Å². The van der Waals surface area contributed by atoms with Crippen molar-refractivity contribution < 1.29 is 38.0 Å². The number of nitrogens with one attached hydrogen (secondary N) is 1. The van der Waals surface area contributed by atoms with Gasteiger partial charge in [0.05, 0.1) is 24.6 Å². The molecule has 2 aliphatic rings. The number of hydrogen-bond acceptors (Lipinski definition) is 10. The maximum absolute atomic E-state index is 14.9. The third-order valence-electron chi connectivity index (χ3n) is 9.21. The first kappa shape index (κ1) is 33.2. The summed E-state index contributed by atoms with van der Waals surface area (Å²) < 4.78 is 51.6. The van der Waals surface area contributed by atoms with Gasteiger partial charge in [0.15, 0.2) is 0 Å². The molecule has 2 aliphatic heterocycles. The number of aliphatic hydroxyl groups is 2. The normalized spacial score (nSPS) is 18.3. The number of carboxylic acids is 1. The number of carboxylic acid groups (broad SMARTS) is 1. The highest BCUT2D eigenvalue weighted by Crippen LogP contribution is 2.43. The second kappa shape index (κ2) is 13.1. The number of alkyl halides is 3. The summed E-state index contributed by atoms with van der Waals surface area (Å²) in [6.07, 6.45) is -3.91. The average Bonchev–Trinajstić information content (AvgIpc) is 3.69. The van der Waals surface area contributed by atoms with Gasteiger partial charge in [-0.15, -0.1) is 0 Å². The lowest BCUT2D eigenvalue weighted by molar-refractivity contribution is -0.198. The van der Waals surface area contributed by atoms with Crippen molar-refractivity contribution in [1.82, 2.24) is 25.1 Å². The van der Waals surface area contributed by atoms with Crippen LogP contribution in [0.2, 0.25) is 0 Å². The van der Waals surface area contributed by atoms with Gasteiger partial charge in [-0.05, 0) is 72.1 Å². The summed E-state index contributed by atoms with van der Waals surface area (Å²) in [4.78, 5) is 21.6. The fourth-order valence-electron chi connectivity index (χ4n) is 6.56. The smallest absolute Gasteiger partial charge is 0.429 e. The standard InChI is InChI=1S/C33H36F3N7O5/c1-19-6-9-43(41-19)26-13-21(20-2-3-22(16-44)23(12-20)17-45)4-5-24(26)29(33(34,35)36)48-28-14-27(39-31(37)40-28)42-10-7-32(8-11-42)15-25(30(46)47)38-18-32/h2-6,9,12-14,25,29,38,44-45H,7-8,10-11,15-18H2,1H3,(H,46,47)(H2,37,39,40). The molecule has 4 aromatic rings. The number of rotatable bonds is 9. The van der Waals surface area contributed by atoms with Gasteiger partial charge in [0.2, 0.25) is 17.9 Å². The van der Waals surface area contributed by atoms with Crippen LogP contribution in [0.25, 0.3) is 16.8 Å². The molecule has 0 amide bonds. The number of aliphatic carboxylic acids is 1. The number of nitrogens with zero attached hydrogens (tertiary/aromatic N) is 5. The molecule has 2 atom stereocenters. The second-order valence-electron chi connectivity index (χ2n) is 12.4. The van der Waals surface area contributed by atoms with Crippen LogP contribution in [0.15, 0.2) is 54.7 Å². The quantitative estimate of drug-likeness (QED) is 0.175. The lowest BCUT2D eigenvalue weighted by Crippen LogP contribution is -2.41. The molecule has 2 aromatic carbocycles. The number of aryl methyl sites for hydroxylation is 1. The highest BCUT2D eigenvalue weighted by Gasteiger charge is 2.46. The largest absolute Gasteiger partial charge is 0.480 e. The number of aromatic nitrogens is 4. The number of anilines is 2. The van der Waals surface area contributed by atoms with Gasteiger partial charge < -0.3 is 36.0 Å². The van der Waals surface area contributed by atoms with E-state index in [1.165, 1.54) is 22.9 Å². The number of hydrogen-bond donors (Lipinski definition) is 5. The number of nitrogen functional groups attached to an aromatic ring is 1. The van der Waals surface area contributed by atoms with Crippen LogP contribution < -0.4 is 20.7 Å². The van der Waals surface area contributed by atoms with E-state index in [9.17, 15) is 33.3 Å². The fraction of sp³-hybridized carbons (Fsp3) is 0.394. The van der Waals surface area contributed by atoms with Crippen molar-refractivity contribution in [2.45, 2.75) is 57.7 Å². The Hall–Kier alpha value is -4.73. The molecule has 0 aliphatic carbocycles. The zero-order chi connectivity index (χ0) is 34.2. The Morgan fingerprint density at radius 3 is 2.40 bits per heavy atom. The molecule has 12 nitrogen and oxygen atoms in total. The lowest BCUT2D eigenvalue weighted by Gasteiger charge is -2.39. The molecule has 2 saturated heterocycles. The Labute approximate surface area is 274 Å². The number of nitrogens with two attached hydrogens (primary N) is 1. The predicted octanol–water partition coefficient (Wildman–Crippen LogP) is 3.92. The van der Waals surface area contributed by atoms with Gasteiger partial charge in [0, 0.05) is 37.5 Å². The fourth-order valence-corrected chi connectivity index (χ4v) is 6.56. The molecular weight excluding hydrogens is 631 g/mol. The Morgan fingerprint density at radius 1 is 1.06 bits per heavy atom. The summed E-state index contributed by atoms with van der Waals surface area (Å²) in [7, 11) is 0. The van der Waals surface area contributed by atoms with E-state index in [2.05, 4.69) is 20.4 Å². The van der Waals surface area contributed by atoms with Crippen molar-refractivity contribution in [2.75, 3.05) is 30.3 Å². The minimum atomic E-state index is -4.88. The average molecular weight is 668 g/mol. The molecule has 0 bridgehead atoms. The first-order chi connectivity index (χ1) is 22.9. The molecule has 0 radical (unpaired) electrons. The summed E-state index contributed by atoms with van der Waals surface area (Å²) in [5.74, 6) is -1.17. The van der Waals surface area contributed by atoms with Crippen LogP contribution in [0.4, 0.5) is 24.9 Å². The van der Waals surface area contributed by atoms with Crippen molar-refractivity contribution in [3.05, 3.63) is 77.1 Å². The predicted molar refractivity (Wildman–Crippen MR) is 169 cm³/mol.